The van der Waals surface area contributed by atoms with E-state index in [9.17, 15) is 0 Å². The van der Waals surface area contributed by atoms with Gasteiger partial charge in [-0.05, 0) is 111 Å². The van der Waals surface area contributed by atoms with Gasteiger partial charge in [-0.25, -0.2) is 4.99 Å². The Morgan fingerprint density at radius 1 is 0.548 bits per heavy atom. The van der Waals surface area contributed by atoms with Gasteiger partial charge in [0.2, 0.25) is 6.29 Å². The van der Waals surface area contributed by atoms with E-state index in [1.165, 1.54) is 95.7 Å². The summed E-state index contributed by atoms with van der Waals surface area (Å²) in [4.78, 5) is 8.08. The topological polar surface area (TPSA) is 32.6 Å². The molecule has 4 aliphatic rings. The van der Waals surface area contributed by atoms with E-state index < -0.39 is 0 Å². The van der Waals surface area contributed by atoms with E-state index in [4.69, 9.17) is 4.99 Å². The van der Waals surface area contributed by atoms with Gasteiger partial charge in [-0.3, -0.25) is 0 Å². The number of rotatable bonds is 5. The molecule has 0 saturated heterocycles. The lowest BCUT2D eigenvalue weighted by Crippen LogP contribution is -2.42. The molecule has 2 aliphatic carbocycles. The highest BCUT2D eigenvalue weighted by molar-refractivity contribution is 6.08. The van der Waals surface area contributed by atoms with Gasteiger partial charge < -0.3 is 14.8 Å². The molecule has 9 aromatic rings. The van der Waals surface area contributed by atoms with Crippen LogP contribution in [0.3, 0.4) is 0 Å². The van der Waals surface area contributed by atoms with E-state index in [0.29, 0.717) is 0 Å². The molecular weight excluding hydrogens is 753 g/mol. The first-order valence-corrected chi connectivity index (χ1v) is 22.2. The molecule has 0 radical (unpaired) electrons. The quantitative estimate of drug-likeness (QED) is 0.188. The summed E-state index contributed by atoms with van der Waals surface area (Å²) in [5.74, 6) is 0.263. The zero-order chi connectivity index (χ0) is 40.7. The minimum Gasteiger partial charge on any atom is -0.345 e. The van der Waals surface area contributed by atoms with Crippen LogP contribution < -0.4 is 20.8 Å². The third-order valence-corrected chi connectivity index (χ3v) is 13.9. The number of nitrogens with zero attached hydrogens (tertiary/aromatic N) is 3. The molecule has 1 aromatic heterocycles. The van der Waals surface area contributed by atoms with Gasteiger partial charge in [0, 0.05) is 33.3 Å². The van der Waals surface area contributed by atoms with Crippen LogP contribution >= 0.6 is 0 Å². The Kier molecular flexibility index (Phi) is 8.02. The van der Waals surface area contributed by atoms with Crippen LogP contribution in [0.1, 0.15) is 47.4 Å². The standard InChI is InChI=1S/C58H44N4/c1-2-17-41(18-3-1)61-53-27-12-10-22-46(53)51-36-50(44-20-6-7-23-48(44)57(51)61)40-33-34-47-45-21-9-13-28-54(45)62(55(47)35-40)58-59-52-26-11-8-24-49(52)56(60-58)39-31-29-38(30-32-39)43-25-14-16-37-15-4-5-19-42(37)43/h1-8,10-12,14-20,22-27,29-36,46,53,58,60H,9,13,21,28H2/t46-,53?,58-/m0/s1. The Bertz CT molecular complexity index is 3460. The first-order chi connectivity index (χ1) is 30.8. The molecule has 4 nitrogen and oxygen atoms in total. The second kappa shape index (κ2) is 14.1. The Morgan fingerprint density at radius 3 is 2.18 bits per heavy atom. The van der Waals surface area contributed by atoms with Crippen LogP contribution in [0.15, 0.2) is 199 Å². The molecule has 0 spiro atoms. The fourth-order valence-corrected chi connectivity index (χ4v) is 11.2. The van der Waals surface area contributed by atoms with E-state index in [-0.39, 0.29) is 18.2 Å². The van der Waals surface area contributed by atoms with Crippen molar-refractivity contribution in [2.24, 2.45) is 4.99 Å². The lowest BCUT2D eigenvalue weighted by atomic mass is 9.87. The number of allylic oxidation sites excluding steroid dienone is 2. The van der Waals surface area contributed by atoms with Crippen molar-refractivity contribution in [3.63, 3.8) is 0 Å². The zero-order valence-corrected chi connectivity index (χ0v) is 34.4. The molecule has 296 valence electrons. The first kappa shape index (κ1) is 35.3. The average Bonchev–Trinajstić information content (AvgIpc) is 3.86. The Balaban J connectivity index is 0.956. The molecule has 2 aliphatic heterocycles. The second-order valence-electron chi connectivity index (χ2n) is 17.3. The number of para-hydroxylation sites is 2. The summed E-state index contributed by atoms with van der Waals surface area (Å²) in [6.07, 6.45) is 13.4. The van der Waals surface area contributed by atoms with Crippen LogP contribution in [0.5, 0.6) is 0 Å². The third-order valence-electron chi connectivity index (χ3n) is 13.9. The van der Waals surface area contributed by atoms with Crippen molar-refractivity contribution in [1.82, 2.24) is 9.88 Å². The lowest BCUT2D eigenvalue weighted by Gasteiger charge is -2.29. The number of aryl methyl sites for hydroxylation is 1. The molecule has 1 unspecified atom stereocenters. The van der Waals surface area contributed by atoms with Gasteiger partial charge in [-0.15, -0.1) is 0 Å². The summed E-state index contributed by atoms with van der Waals surface area (Å²) in [6, 6.07) is 62.9. The zero-order valence-electron chi connectivity index (χ0n) is 34.4. The molecule has 0 bridgehead atoms. The summed E-state index contributed by atoms with van der Waals surface area (Å²) in [5, 5.41) is 12.6. The molecule has 1 N–H and O–H groups in total. The molecule has 62 heavy (non-hydrogen) atoms. The number of hydrogen-bond acceptors (Lipinski definition) is 3. The highest BCUT2D eigenvalue weighted by Crippen LogP contribution is 2.53. The van der Waals surface area contributed by atoms with Crippen LogP contribution in [0.25, 0.3) is 60.4 Å². The molecule has 3 atom stereocenters. The van der Waals surface area contributed by atoms with Crippen molar-refractivity contribution in [3.05, 3.63) is 227 Å². The largest absolute Gasteiger partial charge is 0.345 e. The average molecular weight is 797 g/mol. The van der Waals surface area contributed by atoms with Gasteiger partial charge in [0.05, 0.1) is 28.3 Å². The third kappa shape index (κ3) is 5.42. The van der Waals surface area contributed by atoms with Crippen LogP contribution in [-0.2, 0) is 12.8 Å². The molecule has 4 heteroatoms. The van der Waals surface area contributed by atoms with Gasteiger partial charge in [0.25, 0.3) is 0 Å². The number of hydrogen-bond donors (Lipinski definition) is 1. The van der Waals surface area contributed by atoms with E-state index in [0.717, 1.165) is 34.7 Å². The smallest absolute Gasteiger partial charge is 0.201 e. The maximum absolute atomic E-state index is 5.51. The normalized spacial score (nSPS) is 18.6. The molecule has 0 saturated carbocycles. The van der Waals surface area contributed by atoms with E-state index in [1.54, 1.807) is 0 Å². The van der Waals surface area contributed by atoms with Gasteiger partial charge >= 0.3 is 0 Å². The van der Waals surface area contributed by atoms with Gasteiger partial charge in [0.1, 0.15) is 0 Å². The van der Waals surface area contributed by atoms with Crippen molar-refractivity contribution < 1.29 is 0 Å². The van der Waals surface area contributed by atoms with Gasteiger partial charge in [-0.2, -0.15) is 0 Å². The minimum atomic E-state index is -0.298. The van der Waals surface area contributed by atoms with Crippen molar-refractivity contribution in [2.75, 3.05) is 4.90 Å². The summed E-state index contributed by atoms with van der Waals surface area (Å²) < 4.78 is 2.55. The number of benzene rings is 8. The number of aromatic nitrogens is 1. The Hall–Kier alpha value is -7.43. The number of nitrogens with one attached hydrogen (secondary N) is 1. The molecule has 0 fully saturated rings. The summed E-state index contributed by atoms with van der Waals surface area (Å²) in [7, 11) is 0. The maximum Gasteiger partial charge on any atom is 0.201 e. The van der Waals surface area contributed by atoms with Gasteiger partial charge in [-0.1, -0.05) is 164 Å². The minimum absolute atomic E-state index is 0.226. The van der Waals surface area contributed by atoms with Crippen molar-refractivity contribution in [1.29, 1.82) is 0 Å². The van der Waals surface area contributed by atoms with Crippen LogP contribution in [0.4, 0.5) is 11.4 Å². The molecule has 13 rings (SSSR count). The first-order valence-electron chi connectivity index (χ1n) is 22.2. The van der Waals surface area contributed by atoms with E-state index in [1.807, 2.05) is 0 Å². The number of fused-ring (bicyclic) bond motifs is 10. The molecule has 8 aromatic carbocycles. The summed E-state index contributed by atoms with van der Waals surface area (Å²) >= 11 is 0. The Labute approximate surface area is 361 Å². The van der Waals surface area contributed by atoms with E-state index >= 15 is 0 Å². The van der Waals surface area contributed by atoms with Gasteiger partial charge in [0.15, 0.2) is 0 Å². The summed E-state index contributed by atoms with van der Waals surface area (Å²) in [5.41, 5.74) is 15.3. The fourth-order valence-electron chi connectivity index (χ4n) is 11.2. The van der Waals surface area contributed by atoms with Crippen molar-refractivity contribution in [3.8, 4) is 22.3 Å². The van der Waals surface area contributed by atoms with Crippen molar-refractivity contribution in [2.45, 2.75) is 43.9 Å². The monoisotopic (exact) mass is 796 g/mol. The maximum atomic E-state index is 5.51. The molecule has 3 heterocycles. The summed E-state index contributed by atoms with van der Waals surface area (Å²) in [6.45, 7) is 0. The van der Waals surface area contributed by atoms with Crippen LogP contribution in [0.2, 0.25) is 0 Å². The molecular formula is C58H44N4. The fraction of sp³-hybridized carbons (Fsp3) is 0.121. The second-order valence-corrected chi connectivity index (χ2v) is 17.3. The highest BCUT2D eigenvalue weighted by atomic mass is 15.3. The molecule has 0 amide bonds. The number of anilines is 2. The Morgan fingerprint density at radius 2 is 1.27 bits per heavy atom. The highest BCUT2D eigenvalue weighted by Gasteiger charge is 2.39. The predicted molar refractivity (Wildman–Crippen MR) is 256 cm³/mol. The van der Waals surface area contributed by atoms with Crippen LogP contribution in [-0.4, -0.2) is 10.6 Å². The van der Waals surface area contributed by atoms with E-state index in [2.05, 4.69) is 209 Å². The lowest BCUT2D eigenvalue weighted by molar-refractivity contribution is 0.454. The SMILES string of the molecule is C1=CC2[C@@H](C=C1)c1cc(-c3ccc4c5c(n([C@H]6N=c7ccccc7=C(c7ccc(-c8cccc9ccccc89)cc7)N6)c4c3)CCCC5)c3ccccc3c1N2c1ccccc1. The predicted octanol–water partition coefficient (Wildman–Crippen LogP) is 12.4. The van der Waals surface area contributed by atoms with Crippen molar-refractivity contribution >= 4 is 49.5 Å². The van der Waals surface area contributed by atoms with Crippen LogP contribution in [0, 0.1) is 0 Å².